The largest absolute Gasteiger partial charge is 0.545 e. The molecule has 0 spiro atoms. The number of carboxylic acid groups (broad SMARTS) is 1. The SMILES string of the molecule is Cl.N[NH2+]c1ccc(C(=O)[O-])cn1. The number of halogens is 1. The third-order valence-electron chi connectivity index (χ3n) is 1.19. The van der Waals surface area contributed by atoms with Crippen molar-refractivity contribution in [2.45, 2.75) is 0 Å². The van der Waals surface area contributed by atoms with Crippen molar-refractivity contribution in [3.05, 3.63) is 23.9 Å². The van der Waals surface area contributed by atoms with Gasteiger partial charge in [0.2, 0.25) is 5.82 Å². The minimum absolute atomic E-state index is 0. The van der Waals surface area contributed by atoms with Gasteiger partial charge in [0.15, 0.2) is 0 Å². The molecule has 0 aliphatic rings. The van der Waals surface area contributed by atoms with Gasteiger partial charge in [0.1, 0.15) is 0 Å². The van der Waals surface area contributed by atoms with E-state index >= 15 is 0 Å². The van der Waals surface area contributed by atoms with E-state index in [4.69, 9.17) is 5.84 Å². The Hall–Kier alpha value is -1.17. The quantitative estimate of drug-likeness (QED) is 0.413. The molecule has 0 aliphatic heterocycles. The van der Waals surface area contributed by atoms with Gasteiger partial charge in [0, 0.05) is 17.8 Å². The zero-order valence-corrected chi connectivity index (χ0v) is 6.88. The highest BCUT2D eigenvalue weighted by Gasteiger charge is 1.96. The van der Waals surface area contributed by atoms with Crippen molar-refractivity contribution >= 4 is 24.2 Å². The highest BCUT2D eigenvalue weighted by atomic mass is 35.5. The maximum atomic E-state index is 10.2. The molecule has 1 heterocycles. The van der Waals surface area contributed by atoms with Gasteiger partial charge < -0.3 is 9.90 Å². The van der Waals surface area contributed by atoms with Crippen LogP contribution in [0.5, 0.6) is 0 Å². The van der Waals surface area contributed by atoms with Crippen molar-refractivity contribution in [2.24, 2.45) is 5.84 Å². The van der Waals surface area contributed by atoms with E-state index in [1.807, 2.05) is 0 Å². The van der Waals surface area contributed by atoms with Crippen molar-refractivity contribution in [3.63, 3.8) is 0 Å². The van der Waals surface area contributed by atoms with E-state index in [-0.39, 0.29) is 18.0 Å². The van der Waals surface area contributed by atoms with Crippen molar-refractivity contribution in [1.29, 1.82) is 0 Å². The fourth-order valence-corrected chi connectivity index (χ4v) is 0.625. The number of rotatable bonds is 2. The summed E-state index contributed by atoms with van der Waals surface area (Å²) in [5.41, 5.74) is 1.34. The number of hydrogen-bond donors (Lipinski definition) is 2. The monoisotopic (exact) mass is 189 g/mol. The maximum Gasteiger partial charge on any atom is 0.243 e. The number of nitrogens with two attached hydrogens (primary N) is 2. The second-order valence-electron chi connectivity index (χ2n) is 1.93. The van der Waals surface area contributed by atoms with Crippen LogP contribution in [0.15, 0.2) is 18.3 Å². The van der Waals surface area contributed by atoms with E-state index < -0.39 is 5.97 Å². The Bertz CT molecular complexity index is 262. The van der Waals surface area contributed by atoms with Crippen LogP contribution in [0.25, 0.3) is 0 Å². The smallest absolute Gasteiger partial charge is 0.243 e. The average Bonchev–Trinajstić information content (AvgIpc) is 2.05. The van der Waals surface area contributed by atoms with Gasteiger partial charge >= 0.3 is 0 Å². The van der Waals surface area contributed by atoms with E-state index in [0.29, 0.717) is 5.82 Å². The summed E-state index contributed by atoms with van der Waals surface area (Å²) >= 11 is 0. The topological polar surface area (TPSA) is 95.6 Å². The van der Waals surface area contributed by atoms with Gasteiger partial charge in [-0.05, 0) is 6.07 Å². The summed E-state index contributed by atoms with van der Waals surface area (Å²) in [7, 11) is 0. The molecule has 5 nitrogen and oxygen atoms in total. The van der Waals surface area contributed by atoms with Gasteiger partial charge in [-0.1, -0.05) is 0 Å². The molecular formula is C6H8ClN3O2. The van der Waals surface area contributed by atoms with Gasteiger partial charge in [-0.25, -0.2) is 10.4 Å². The fraction of sp³-hybridized carbons (Fsp3) is 0. The summed E-state index contributed by atoms with van der Waals surface area (Å²) in [4.78, 5) is 13.9. The minimum Gasteiger partial charge on any atom is -0.545 e. The Labute approximate surface area is 75.0 Å². The zero-order chi connectivity index (χ0) is 8.27. The molecule has 1 aromatic heterocycles. The summed E-state index contributed by atoms with van der Waals surface area (Å²) < 4.78 is 0. The lowest BCUT2D eigenvalue weighted by Crippen LogP contribution is -2.85. The molecule has 0 atom stereocenters. The van der Waals surface area contributed by atoms with Crippen LogP contribution in [-0.4, -0.2) is 11.0 Å². The predicted octanol–water partition coefficient (Wildman–Crippen LogP) is -2.06. The molecule has 0 saturated heterocycles. The fourth-order valence-electron chi connectivity index (χ4n) is 0.625. The predicted molar refractivity (Wildman–Crippen MR) is 41.6 cm³/mol. The van der Waals surface area contributed by atoms with Crippen LogP contribution >= 0.6 is 12.4 Å². The van der Waals surface area contributed by atoms with Gasteiger partial charge in [0.25, 0.3) is 0 Å². The number of carbonyl (C=O) groups excluding carboxylic acids is 1. The number of aromatic carboxylic acids is 1. The molecule has 0 unspecified atom stereocenters. The molecule has 0 aliphatic carbocycles. The van der Waals surface area contributed by atoms with Crippen LogP contribution in [0.2, 0.25) is 0 Å². The molecule has 1 aromatic rings. The third-order valence-corrected chi connectivity index (χ3v) is 1.19. The summed E-state index contributed by atoms with van der Waals surface area (Å²) in [5.74, 6) is 4.43. The highest BCUT2D eigenvalue weighted by molar-refractivity contribution is 5.85. The molecule has 1 rings (SSSR count). The Morgan fingerprint density at radius 1 is 1.58 bits per heavy atom. The average molecular weight is 190 g/mol. The molecule has 12 heavy (non-hydrogen) atoms. The van der Waals surface area contributed by atoms with E-state index in [2.05, 4.69) is 4.98 Å². The molecule has 0 radical (unpaired) electrons. The van der Waals surface area contributed by atoms with E-state index in [1.165, 1.54) is 23.8 Å². The first-order valence-electron chi connectivity index (χ1n) is 2.96. The normalized spacial score (nSPS) is 8.75. The highest BCUT2D eigenvalue weighted by Crippen LogP contribution is 1.97. The lowest BCUT2D eigenvalue weighted by molar-refractivity contribution is -0.588. The second-order valence-corrected chi connectivity index (χ2v) is 1.93. The van der Waals surface area contributed by atoms with Gasteiger partial charge in [-0.2, -0.15) is 5.84 Å². The van der Waals surface area contributed by atoms with Crippen molar-refractivity contribution in [3.8, 4) is 0 Å². The number of pyridine rings is 1. The van der Waals surface area contributed by atoms with Crippen LogP contribution in [0.1, 0.15) is 10.4 Å². The van der Waals surface area contributed by atoms with Crippen LogP contribution in [-0.2, 0) is 0 Å². The molecule has 0 bridgehead atoms. The Morgan fingerprint density at radius 2 is 2.25 bits per heavy atom. The molecule has 6 heteroatoms. The van der Waals surface area contributed by atoms with Gasteiger partial charge in [0.05, 0.1) is 5.97 Å². The Kier molecular flexibility index (Phi) is 4.20. The first kappa shape index (κ1) is 10.8. The Balaban J connectivity index is 0.00000121. The van der Waals surface area contributed by atoms with E-state index in [9.17, 15) is 9.90 Å². The first-order valence-corrected chi connectivity index (χ1v) is 2.96. The minimum atomic E-state index is -1.24. The molecule has 66 valence electrons. The van der Waals surface area contributed by atoms with E-state index in [1.54, 1.807) is 0 Å². The second kappa shape index (κ2) is 4.66. The number of quaternary nitrogens is 1. The van der Waals surface area contributed by atoms with Crippen LogP contribution in [0.4, 0.5) is 5.82 Å². The lowest BCUT2D eigenvalue weighted by atomic mass is 10.3. The summed E-state index contributed by atoms with van der Waals surface area (Å²) in [5, 5.41) is 10.2. The summed E-state index contributed by atoms with van der Waals surface area (Å²) in [6, 6.07) is 2.90. The number of aromatic nitrogens is 1. The number of hydrogen-bond acceptors (Lipinski definition) is 4. The Morgan fingerprint density at radius 3 is 2.58 bits per heavy atom. The number of nitrogens with zero attached hydrogens (tertiary/aromatic N) is 1. The lowest BCUT2D eigenvalue weighted by Gasteiger charge is -1.99. The van der Waals surface area contributed by atoms with Crippen LogP contribution in [0.3, 0.4) is 0 Å². The van der Waals surface area contributed by atoms with Crippen LogP contribution < -0.4 is 16.4 Å². The number of carbonyl (C=O) groups is 1. The molecule has 0 amide bonds. The third kappa shape index (κ3) is 2.46. The molecule has 0 aromatic carbocycles. The van der Waals surface area contributed by atoms with Gasteiger partial charge in [-0.15, -0.1) is 12.4 Å². The molecule has 0 saturated carbocycles. The standard InChI is InChI=1S/C6H7N3O2.ClH/c7-9-5-2-1-4(3-8-5)6(10)11;/h1-3H,7H2,(H,8,9)(H,10,11);1H. The molecule has 4 N–H and O–H groups in total. The number of carboxylic acids is 1. The van der Waals surface area contributed by atoms with Crippen molar-refractivity contribution < 1.29 is 15.3 Å². The molecular weight excluding hydrogens is 182 g/mol. The molecule has 0 fully saturated rings. The van der Waals surface area contributed by atoms with Gasteiger partial charge in [-0.3, -0.25) is 0 Å². The van der Waals surface area contributed by atoms with E-state index in [0.717, 1.165) is 0 Å². The maximum absolute atomic E-state index is 10.2. The van der Waals surface area contributed by atoms with Crippen molar-refractivity contribution in [1.82, 2.24) is 4.98 Å². The zero-order valence-electron chi connectivity index (χ0n) is 6.06. The van der Waals surface area contributed by atoms with Crippen molar-refractivity contribution in [2.75, 3.05) is 0 Å². The summed E-state index contributed by atoms with van der Waals surface area (Å²) in [6.45, 7) is 0. The van der Waals surface area contributed by atoms with Crippen LogP contribution in [0, 0.1) is 0 Å². The summed E-state index contributed by atoms with van der Waals surface area (Å²) in [6.07, 6.45) is 1.20. The first-order chi connectivity index (χ1) is 5.24.